The third-order valence-corrected chi connectivity index (χ3v) is 4.47. The summed E-state index contributed by atoms with van der Waals surface area (Å²) in [6.07, 6.45) is 0.123. The number of carbonyl (C=O) groups excluding carboxylic acids is 1. The van der Waals surface area contributed by atoms with Gasteiger partial charge in [0.2, 0.25) is 6.41 Å². The summed E-state index contributed by atoms with van der Waals surface area (Å²) >= 11 is 0. The van der Waals surface area contributed by atoms with Gasteiger partial charge in [0, 0.05) is 6.07 Å². The van der Waals surface area contributed by atoms with Gasteiger partial charge in [-0.15, -0.1) is 22.6 Å². The number of fused-ring (bicyclic) bond motifs is 1. The summed E-state index contributed by atoms with van der Waals surface area (Å²) in [6, 6.07) is 11.2. The van der Waals surface area contributed by atoms with Crippen LogP contribution in [0.25, 0.3) is 16.7 Å². The zero-order valence-corrected chi connectivity index (χ0v) is 14.0. The van der Waals surface area contributed by atoms with Gasteiger partial charge >= 0.3 is 0 Å². The van der Waals surface area contributed by atoms with Crippen molar-refractivity contribution in [2.24, 2.45) is 0 Å². The molecule has 0 bridgehead atoms. The molecule has 0 aliphatic rings. The summed E-state index contributed by atoms with van der Waals surface area (Å²) in [4.78, 5) is 11.7. The SMILES string of the molecule is COc1ccc2nn(-c3ccc(S(=O)(=O)NC=O)cc3)nc2c1.Cl. The standard InChI is InChI=1S/C14H12N4O4S.ClH/c1-22-11-4-7-13-14(8-11)17-18(16-13)10-2-5-12(6-3-10)23(20,21)15-9-19;/h2-9H,1H3,(H,15,19);1H. The number of amides is 1. The normalized spacial score (nSPS) is 10.9. The highest BCUT2D eigenvalue weighted by atomic mass is 35.5. The molecule has 0 saturated heterocycles. The van der Waals surface area contributed by atoms with E-state index < -0.39 is 10.0 Å². The van der Waals surface area contributed by atoms with Gasteiger partial charge in [0.1, 0.15) is 16.8 Å². The van der Waals surface area contributed by atoms with E-state index in [2.05, 4.69) is 10.2 Å². The molecule has 1 amide bonds. The largest absolute Gasteiger partial charge is 0.497 e. The van der Waals surface area contributed by atoms with Crippen molar-refractivity contribution in [3.63, 3.8) is 0 Å². The molecule has 1 heterocycles. The lowest BCUT2D eigenvalue weighted by Crippen LogP contribution is -2.21. The van der Waals surface area contributed by atoms with E-state index in [0.29, 0.717) is 22.5 Å². The summed E-state index contributed by atoms with van der Waals surface area (Å²) in [5.41, 5.74) is 1.93. The van der Waals surface area contributed by atoms with Crippen LogP contribution < -0.4 is 9.46 Å². The van der Waals surface area contributed by atoms with Crippen molar-refractivity contribution in [1.29, 1.82) is 0 Å². The third-order valence-electron chi connectivity index (χ3n) is 3.17. The Morgan fingerprint density at radius 2 is 1.75 bits per heavy atom. The maximum absolute atomic E-state index is 11.7. The van der Waals surface area contributed by atoms with Gasteiger partial charge in [0.05, 0.1) is 17.7 Å². The lowest BCUT2D eigenvalue weighted by molar-refractivity contribution is -0.108. The van der Waals surface area contributed by atoms with Crippen LogP contribution in [0, 0.1) is 0 Å². The van der Waals surface area contributed by atoms with E-state index in [-0.39, 0.29) is 23.7 Å². The molecule has 1 N–H and O–H groups in total. The van der Waals surface area contributed by atoms with Crippen LogP contribution in [-0.4, -0.2) is 36.9 Å². The quantitative estimate of drug-likeness (QED) is 0.680. The van der Waals surface area contributed by atoms with E-state index in [1.807, 2.05) is 0 Å². The van der Waals surface area contributed by atoms with Gasteiger partial charge < -0.3 is 4.74 Å². The van der Waals surface area contributed by atoms with E-state index in [4.69, 9.17) is 4.74 Å². The zero-order chi connectivity index (χ0) is 16.4. The number of benzene rings is 2. The molecule has 0 aliphatic heterocycles. The molecule has 0 saturated carbocycles. The molecular formula is C14H13ClN4O4S. The second-order valence-electron chi connectivity index (χ2n) is 4.58. The molecule has 0 spiro atoms. The van der Waals surface area contributed by atoms with Crippen LogP contribution in [0.1, 0.15) is 0 Å². The van der Waals surface area contributed by atoms with Crippen LogP contribution in [-0.2, 0) is 14.8 Å². The fourth-order valence-corrected chi connectivity index (χ4v) is 2.78. The van der Waals surface area contributed by atoms with Crippen LogP contribution >= 0.6 is 12.4 Å². The Morgan fingerprint density at radius 3 is 2.38 bits per heavy atom. The number of hydrogen-bond acceptors (Lipinski definition) is 6. The molecule has 0 unspecified atom stereocenters. The first-order valence-electron chi connectivity index (χ1n) is 6.51. The van der Waals surface area contributed by atoms with E-state index in [1.165, 1.54) is 16.9 Å². The lowest BCUT2D eigenvalue weighted by Gasteiger charge is -2.03. The van der Waals surface area contributed by atoms with Crippen molar-refractivity contribution >= 4 is 39.9 Å². The second-order valence-corrected chi connectivity index (χ2v) is 6.29. The van der Waals surface area contributed by atoms with Gasteiger partial charge in [0.25, 0.3) is 10.0 Å². The number of nitrogens with one attached hydrogen (secondary N) is 1. The highest BCUT2D eigenvalue weighted by Crippen LogP contribution is 2.19. The second kappa shape index (κ2) is 6.85. The molecule has 3 rings (SSSR count). The van der Waals surface area contributed by atoms with Crippen molar-refractivity contribution in [2.75, 3.05) is 7.11 Å². The average Bonchev–Trinajstić information content (AvgIpc) is 2.98. The minimum Gasteiger partial charge on any atom is -0.497 e. The van der Waals surface area contributed by atoms with E-state index in [9.17, 15) is 13.2 Å². The first-order valence-corrected chi connectivity index (χ1v) is 7.99. The molecule has 24 heavy (non-hydrogen) atoms. The van der Waals surface area contributed by atoms with Gasteiger partial charge in [-0.2, -0.15) is 4.80 Å². The minimum absolute atomic E-state index is 0. The van der Waals surface area contributed by atoms with Crippen LogP contribution in [0.15, 0.2) is 47.4 Å². The van der Waals surface area contributed by atoms with Crippen molar-refractivity contribution in [3.05, 3.63) is 42.5 Å². The van der Waals surface area contributed by atoms with Gasteiger partial charge in [-0.1, -0.05) is 0 Å². The predicted octanol–water partition coefficient (Wildman–Crippen LogP) is 1.29. The molecular weight excluding hydrogens is 356 g/mol. The molecule has 126 valence electrons. The number of methoxy groups -OCH3 is 1. The van der Waals surface area contributed by atoms with Crippen molar-refractivity contribution < 1.29 is 17.9 Å². The molecule has 0 aliphatic carbocycles. The number of carbonyl (C=O) groups is 1. The van der Waals surface area contributed by atoms with Gasteiger partial charge in [-0.3, -0.25) is 9.52 Å². The number of nitrogens with zero attached hydrogens (tertiary/aromatic N) is 3. The number of ether oxygens (including phenoxy) is 1. The highest BCUT2D eigenvalue weighted by molar-refractivity contribution is 7.90. The monoisotopic (exact) mass is 368 g/mol. The topological polar surface area (TPSA) is 103 Å². The molecule has 1 aromatic heterocycles. The molecule has 0 atom stereocenters. The number of rotatable bonds is 5. The van der Waals surface area contributed by atoms with Crippen molar-refractivity contribution in [3.8, 4) is 11.4 Å². The Kier molecular flexibility index (Phi) is 5.05. The van der Waals surface area contributed by atoms with E-state index in [0.717, 1.165) is 0 Å². The fraction of sp³-hybridized carbons (Fsp3) is 0.0714. The Labute approximate surface area is 143 Å². The minimum atomic E-state index is -3.83. The van der Waals surface area contributed by atoms with E-state index >= 15 is 0 Å². The van der Waals surface area contributed by atoms with Crippen LogP contribution in [0.2, 0.25) is 0 Å². The number of hydrogen-bond donors (Lipinski definition) is 1. The first-order chi connectivity index (χ1) is 11.0. The smallest absolute Gasteiger partial charge is 0.263 e. The van der Waals surface area contributed by atoms with Crippen molar-refractivity contribution in [2.45, 2.75) is 4.90 Å². The predicted molar refractivity (Wildman–Crippen MR) is 89.1 cm³/mol. The summed E-state index contributed by atoms with van der Waals surface area (Å²) < 4.78 is 30.3. The molecule has 0 fully saturated rings. The number of sulfonamides is 1. The fourth-order valence-electron chi connectivity index (χ4n) is 2.03. The van der Waals surface area contributed by atoms with Gasteiger partial charge in [-0.25, -0.2) is 8.42 Å². The molecule has 10 heteroatoms. The Balaban J connectivity index is 0.00000208. The Bertz CT molecular complexity index is 970. The Morgan fingerprint density at radius 1 is 1.08 bits per heavy atom. The average molecular weight is 369 g/mol. The van der Waals surface area contributed by atoms with Gasteiger partial charge in [-0.05, 0) is 36.4 Å². The summed E-state index contributed by atoms with van der Waals surface area (Å²) in [6.45, 7) is 0. The molecule has 0 radical (unpaired) electrons. The molecule has 2 aromatic carbocycles. The third kappa shape index (κ3) is 3.31. The van der Waals surface area contributed by atoms with Crippen molar-refractivity contribution in [1.82, 2.24) is 19.7 Å². The lowest BCUT2D eigenvalue weighted by atomic mass is 10.3. The maximum Gasteiger partial charge on any atom is 0.263 e. The van der Waals surface area contributed by atoms with Gasteiger partial charge in [0.15, 0.2) is 0 Å². The molecule has 8 nitrogen and oxygen atoms in total. The van der Waals surface area contributed by atoms with Crippen LogP contribution in [0.5, 0.6) is 5.75 Å². The summed E-state index contributed by atoms with van der Waals surface area (Å²) in [5, 5.41) is 8.64. The molecule has 3 aromatic rings. The van der Waals surface area contributed by atoms with Crippen LogP contribution in [0.3, 0.4) is 0 Å². The summed E-state index contributed by atoms with van der Waals surface area (Å²) in [7, 11) is -2.26. The Hall–Kier alpha value is -2.65. The van der Waals surface area contributed by atoms with E-state index in [1.54, 1.807) is 42.2 Å². The first kappa shape index (κ1) is 17.7. The van der Waals surface area contributed by atoms with Crippen LogP contribution in [0.4, 0.5) is 0 Å². The summed E-state index contributed by atoms with van der Waals surface area (Å²) in [5.74, 6) is 0.672. The highest BCUT2D eigenvalue weighted by Gasteiger charge is 2.13. The number of aromatic nitrogens is 3. The number of halogens is 1. The zero-order valence-electron chi connectivity index (χ0n) is 12.4. The maximum atomic E-state index is 11.7.